The lowest BCUT2D eigenvalue weighted by molar-refractivity contribution is 0.0699. The fourth-order valence-electron chi connectivity index (χ4n) is 1.66. The van der Waals surface area contributed by atoms with Crippen molar-refractivity contribution in [3.63, 3.8) is 0 Å². The van der Waals surface area contributed by atoms with E-state index in [1.807, 2.05) is 0 Å². The summed E-state index contributed by atoms with van der Waals surface area (Å²) in [5, 5.41) is 3.64. The topological polar surface area (TPSA) is 47.0 Å². The maximum absolute atomic E-state index is 5.93. The van der Waals surface area contributed by atoms with Crippen LogP contribution in [-0.2, 0) is 4.74 Å². The lowest BCUT2D eigenvalue weighted by atomic mass is 10.0. The van der Waals surface area contributed by atoms with Crippen LogP contribution in [-0.4, -0.2) is 29.7 Å². The maximum Gasteiger partial charge on any atom is 0.171 e. The third kappa shape index (κ3) is 3.30. The molecular formula is C10H13BrClN3O. The first kappa shape index (κ1) is 12.1. The molecule has 2 rings (SSSR count). The minimum absolute atomic E-state index is 0.412. The van der Waals surface area contributed by atoms with E-state index >= 15 is 0 Å². The van der Waals surface area contributed by atoms with Crippen molar-refractivity contribution in [1.82, 2.24) is 9.97 Å². The molecule has 0 aliphatic carbocycles. The van der Waals surface area contributed by atoms with Crippen molar-refractivity contribution >= 4 is 33.3 Å². The van der Waals surface area contributed by atoms with Crippen LogP contribution in [0.3, 0.4) is 0 Å². The average molecular weight is 307 g/mol. The van der Waals surface area contributed by atoms with E-state index in [1.165, 1.54) is 0 Å². The van der Waals surface area contributed by atoms with Crippen molar-refractivity contribution in [2.75, 3.05) is 25.1 Å². The lowest BCUT2D eigenvalue weighted by Gasteiger charge is -2.22. The molecule has 0 atom stereocenters. The molecule has 1 aliphatic heterocycles. The quantitative estimate of drug-likeness (QED) is 0.933. The monoisotopic (exact) mass is 305 g/mol. The lowest BCUT2D eigenvalue weighted by Crippen LogP contribution is -2.23. The molecule has 0 spiro atoms. The van der Waals surface area contributed by atoms with Gasteiger partial charge in [0.05, 0.1) is 6.20 Å². The minimum Gasteiger partial charge on any atom is -0.381 e. The largest absolute Gasteiger partial charge is 0.381 e. The highest BCUT2D eigenvalue weighted by Gasteiger charge is 2.14. The van der Waals surface area contributed by atoms with E-state index in [9.17, 15) is 0 Å². The molecule has 1 fully saturated rings. The normalized spacial score (nSPS) is 17.4. The summed E-state index contributed by atoms with van der Waals surface area (Å²) in [6, 6.07) is 0. The van der Waals surface area contributed by atoms with Gasteiger partial charge in [-0.05, 0) is 34.7 Å². The Balaban J connectivity index is 1.90. The molecular weight excluding hydrogens is 293 g/mol. The van der Waals surface area contributed by atoms with Gasteiger partial charge in [-0.15, -0.1) is 0 Å². The van der Waals surface area contributed by atoms with E-state index < -0.39 is 0 Å². The van der Waals surface area contributed by atoms with Crippen LogP contribution in [0.1, 0.15) is 12.8 Å². The number of hydrogen-bond acceptors (Lipinski definition) is 4. The first-order chi connectivity index (χ1) is 7.75. The smallest absolute Gasteiger partial charge is 0.171 e. The Kier molecular flexibility index (Phi) is 4.37. The van der Waals surface area contributed by atoms with Gasteiger partial charge < -0.3 is 10.1 Å². The average Bonchev–Trinajstić information content (AvgIpc) is 2.32. The van der Waals surface area contributed by atoms with Crippen LogP contribution >= 0.6 is 27.5 Å². The Bertz CT molecular complexity index is 358. The van der Waals surface area contributed by atoms with Crippen molar-refractivity contribution in [2.45, 2.75) is 12.8 Å². The van der Waals surface area contributed by atoms with Gasteiger partial charge in [-0.2, -0.15) is 0 Å². The molecule has 1 N–H and O–H groups in total. The van der Waals surface area contributed by atoms with E-state index in [2.05, 4.69) is 31.2 Å². The molecule has 0 bridgehead atoms. The molecule has 2 heterocycles. The molecule has 0 unspecified atom stereocenters. The number of ether oxygens (including phenoxy) is 1. The van der Waals surface area contributed by atoms with Crippen LogP contribution in [0.2, 0.25) is 5.15 Å². The van der Waals surface area contributed by atoms with Crippen molar-refractivity contribution in [1.29, 1.82) is 0 Å². The molecule has 0 aromatic carbocycles. The molecule has 1 aromatic heterocycles. The first-order valence-electron chi connectivity index (χ1n) is 5.25. The molecule has 1 saturated heterocycles. The third-order valence-electron chi connectivity index (χ3n) is 2.60. The van der Waals surface area contributed by atoms with Crippen molar-refractivity contribution in [3.8, 4) is 0 Å². The third-order valence-corrected chi connectivity index (χ3v) is 3.26. The van der Waals surface area contributed by atoms with Gasteiger partial charge in [0.15, 0.2) is 11.0 Å². The van der Waals surface area contributed by atoms with Crippen LogP contribution in [0, 0.1) is 5.92 Å². The van der Waals surface area contributed by atoms with Crippen molar-refractivity contribution in [3.05, 3.63) is 16.0 Å². The molecule has 4 nitrogen and oxygen atoms in total. The van der Waals surface area contributed by atoms with Gasteiger partial charge in [0.25, 0.3) is 0 Å². The molecule has 0 saturated carbocycles. The number of halogens is 2. The van der Waals surface area contributed by atoms with Gasteiger partial charge in [-0.25, -0.2) is 9.97 Å². The highest BCUT2D eigenvalue weighted by atomic mass is 79.9. The van der Waals surface area contributed by atoms with Crippen molar-refractivity contribution in [2.24, 2.45) is 5.92 Å². The molecule has 6 heteroatoms. The zero-order chi connectivity index (χ0) is 11.4. The Hall–Kier alpha value is -0.390. The fraction of sp³-hybridized carbons (Fsp3) is 0.600. The van der Waals surface area contributed by atoms with E-state index in [-0.39, 0.29) is 0 Å². The molecule has 0 amide bonds. The number of nitrogens with zero attached hydrogens (tertiary/aromatic N) is 2. The zero-order valence-electron chi connectivity index (χ0n) is 8.75. The number of anilines is 1. The summed E-state index contributed by atoms with van der Waals surface area (Å²) in [7, 11) is 0. The Morgan fingerprint density at radius 1 is 1.50 bits per heavy atom. The number of nitrogens with one attached hydrogen (secondary N) is 1. The van der Waals surface area contributed by atoms with E-state index in [1.54, 1.807) is 6.20 Å². The van der Waals surface area contributed by atoms with Crippen LogP contribution in [0.25, 0.3) is 0 Å². The second-order valence-electron chi connectivity index (χ2n) is 3.77. The van der Waals surface area contributed by atoms with Crippen LogP contribution in [0.4, 0.5) is 5.82 Å². The van der Waals surface area contributed by atoms with Crippen LogP contribution in [0.5, 0.6) is 0 Å². The standard InChI is InChI=1S/C10H13BrClN3O/c11-8-6-13-9(12)10(15-8)14-5-7-1-3-16-4-2-7/h6-7H,1-5H2,(H,14,15). The van der Waals surface area contributed by atoms with Gasteiger partial charge >= 0.3 is 0 Å². The Labute approximate surface area is 108 Å². The minimum atomic E-state index is 0.412. The Morgan fingerprint density at radius 3 is 3.00 bits per heavy atom. The molecule has 1 aromatic rings. The number of rotatable bonds is 3. The number of hydrogen-bond donors (Lipinski definition) is 1. The van der Waals surface area contributed by atoms with Gasteiger partial charge in [-0.3, -0.25) is 0 Å². The van der Waals surface area contributed by atoms with Crippen LogP contribution in [0.15, 0.2) is 10.8 Å². The van der Waals surface area contributed by atoms with Gasteiger partial charge in [0.1, 0.15) is 4.60 Å². The fourth-order valence-corrected chi connectivity index (χ4v) is 2.09. The second kappa shape index (κ2) is 5.80. The second-order valence-corrected chi connectivity index (χ2v) is 4.94. The van der Waals surface area contributed by atoms with E-state index in [0.29, 0.717) is 21.5 Å². The SMILES string of the molecule is Clc1ncc(Br)nc1NCC1CCOCC1. The Morgan fingerprint density at radius 2 is 2.25 bits per heavy atom. The van der Waals surface area contributed by atoms with Gasteiger partial charge in [-0.1, -0.05) is 11.6 Å². The molecule has 16 heavy (non-hydrogen) atoms. The predicted octanol–water partition coefficient (Wildman–Crippen LogP) is 2.73. The van der Waals surface area contributed by atoms with Crippen molar-refractivity contribution < 1.29 is 4.74 Å². The summed E-state index contributed by atoms with van der Waals surface area (Å²) >= 11 is 9.20. The van der Waals surface area contributed by atoms with Crippen LogP contribution < -0.4 is 5.32 Å². The highest BCUT2D eigenvalue weighted by molar-refractivity contribution is 9.10. The summed E-state index contributed by atoms with van der Waals surface area (Å²) in [4.78, 5) is 8.25. The highest BCUT2D eigenvalue weighted by Crippen LogP contribution is 2.21. The predicted molar refractivity (Wildman–Crippen MR) is 66.8 cm³/mol. The summed E-state index contributed by atoms with van der Waals surface area (Å²) in [5.41, 5.74) is 0. The number of aromatic nitrogens is 2. The maximum atomic E-state index is 5.93. The van der Waals surface area contributed by atoms with Gasteiger partial charge in [0, 0.05) is 19.8 Å². The summed E-state index contributed by atoms with van der Waals surface area (Å²) in [5.74, 6) is 1.27. The first-order valence-corrected chi connectivity index (χ1v) is 6.42. The van der Waals surface area contributed by atoms with Gasteiger partial charge in [0.2, 0.25) is 0 Å². The van der Waals surface area contributed by atoms with E-state index in [4.69, 9.17) is 16.3 Å². The molecule has 0 radical (unpaired) electrons. The summed E-state index contributed by atoms with van der Waals surface area (Å²) < 4.78 is 5.99. The molecule has 88 valence electrons. The molecule has 1 aliphatic rings. The van der Waals surface area contributed by atoms with E-state index in [0.717, 1.165) is 32.6 Å². The summed E-state index contributed by atoms with van der Waals surface area (Å²) in [6.45, 7) is 2.57. The summed E-state index contributed by atoms with van der Waals surface area (Å²) in [6.07, 6.45) is 3.76. The zero-order valence-corrected chi connectivity index (χ0v) is 11.1.